The number of likely N-dealkylation sites (N-methyl/N-ethyl adjacent to an activating group) is 1. The predicted molar refractivity (Wildman–Crippen MR) is 124 cm³/mol. The van der Waals surface area contributed by atoms with Gasteiger partial charge in [-0.05, 0) is 32.4 Å². The van der Waals surface area contributed by atoms with Crippen molar-refractivity contribution in [2.24, 2.45) is 5.73 Å². The molecule has 0 saturated heterocycles. The van der Waals surface area contributed by atoms with E-state index in [0.717, 1.165) is 5.56 Å². The van der Waals surface area contributed by atoms with E-state index in [2.05, 4.69) is 54.9 Å². The molecule has 0 aliphatic heterocycles. The molecule has 2 amide bonds. The van der Waals surface area contributed by atoms with Crippen molar-refractivity contribution >= 4 is 17.6 Å². The number of carbonyl (C=O) groups is 2. The van der Waals surface area contributed by atoms with Crippen molar-refractivity contribution in [3.05, 3.63) is 59.2 Å². The molecule has 7 heteroatoms. The number of hydrogen-bond donors (Lipinski definition) is 5. The third-order valence-electron chi connectivity index (χ3n) is 3.76. The third kappa shape index (κ3) is 14.1. The molecular formula is C23H37N5O2. The molecule has 1 aromatic rings. The van der Waals surface area contributed by atoms with E-state index in [9.17, 15) is 9.59 Å². The van der Waals surface area contributed by atoms with Crippen molar-refractivity contribution in [1.82, 2.24) is 16.0 Å². The zero-order chi connectivity index (χ0) is 22.8. The van der Waals surface area contributed by atoms with Crippen molar-refractivity contribution in [2.75, 3.05) is 20.1 Å². The van der Waals surface area contributed by atoms with Gasteiger partial charge in [-0.1, -0.05) is 68.3 Å². The summed E-state index contributed by atoms with van der Waals surface area (Å²) in [5.41, 5.74) is 8.38. The molecule has 0 fully saturated rings. The van der Waals surface area contributed by atoms with Gasteiger partial charge in [0.25, 0.3) is 0 Å². The standard InChI is InChI=1S/C13H19N5O2.C7H10.C3H8/c1-16-7-11(19)18-8-12(20)17-6-9-2-4-10(5-3-9)13(14)15;1-7-5-3-2-4-6-7;1-3-2/h2-5,16H,6-8H2,1H3,(H3,14,15)(H,17,20)(H,18,19);2-3,5H,4,6H2,1H3;3H2,1-2H3. The molecule has 0 unspecified atom stereocenters. The number of benzene rings is 1. The number of nitrogens with two attached hydrogens (primary N) is 1. The summed E-state index contributed by atoms with van der Waals surface area (Å²) < 4.78 is 0. The van der Waals surface area contributed by atoms with E-state index in [-0.39, 0.29) is 30.7 Å². The van der Waals surface area contributed by atoms with Crippen LogP contribution in [0, 0.1) is 5.41 Å². The predicted octanol–water partition coefficient (Wildman–Crippen LogP) is 2.62. The summed E-state index contributed by atoms with van der Waals surface area (Å²) in [5, 5.41) is 15.1. The molecule has 0 spiro atoms. The average molecular weight is 416 g/mol. The second kappa shape index (κ2) is 17.0. The summed E-state index contributed by atoms with van der Waals surface area (Å²) in [6.07, 6.45) is 10.2. The monoisotopic (exact) mass is 415 g/mol. The van der Waals surface area contributed by atoms with Crippen molar-refractivity contribution in [1.29, 1.82) is 5.41 Å². The SMILES string of the molecule is CC1=CC=CCC1.CCC.CNCC(=O)NCC(=O)NCc1ccc(C(=N)N)cc1. The van der Waals surface area contributed by atoms with Crippen LogP contribution in [0.25, 0.3) is 0 Å². The number of nitrogens with one attached hydrogen (secondary N) is 4. The van der Waals surface area contributed by atoms with Gasteiger partial charge in [0, 0.05) is 12.1 Å². The van der Waals surface area contributed by atoms with E-state index >= 15 is 0 Å². The average Bonchev–Trinajstić information content (AvgIpc) is 2.73. The van der Waals surface area contributed by atoms with Crippen molar-refractivity contribution in [3.63, 3.8) is 0 Å². The smallest absolute Gasteiger partial charge is 0.239 e. The Morgan fingerprint density at radius 2 is 1.67 bits per heavy atom. The van der Waals surface area contributed by atoms with Gasteiger partial charge in [-0.25, -0.2) is 0 Å². The van der Waals surface area contributed by atoms with E-state index in [1.165, 1.54) is 24.8 Å². The molecule has 0 aromatic heterocycles. The van der Waals surface area contributed by atoms with Gasteiger partial charge < -0.3 is 21.7 Å². The zero-order valence-electron chi connectivity index (χ0n) is 18.7. The van der Waals surface area contributed by atoms with E-state index in [4.69, 9.17) is 11.1 Å². The number of nitrogen functional groups attached to an aromatic ring is 1. The Balaban J connectivity index is 0.000000690. The lowest BCUT2D eigenvalue weighted by atomic mass is 10.1. The van der Waals surface area contributed by atoms with Gasteiger partial charge in [-0.2, -0.15) is 0 Å². The summed E-state index contributed by atoms with van der Waals surface area (Å²) >= 11 is 0. The Morgan fingerprint density at radius 1 is 1.07 bits per heavy atom. The van der Waals surface area contributed by atoms with Crippen LogP contribution in [0.1, 0.15) is 51.2 Å². The highest BCUT2D eigenvalue weighted by atomic mass is 16.2. The van der Waals surface area contributed by atoms with E-state index in [0.29, 0.717) is 12.1 Å². The van der Waals surface area contributed by atoms with Gasteiger partial charge in [0.15, 0.2) is 0 Å². The molecule has 6 N–H and O–H groups in total. The van der Waals surface area contributed by atoms with Crippen LogP contribution in [0.4, 0.5) is 0 Å². The van der Waals surface area contributed by atoms with Crippen molar-refractivity contribution < 1.29 is 9.59 Å². The van der Waals surface area contributed by atoms with Crippen LogP contribution in [0.5, 0.6) is 0 Å². The molecular weight excluding hydrogens is 378 g/mol. The molecule has 0 saturated carbocycles. The molecule has 2 rings (SSSR count). The number of rotatable bonds is 7. The lowest BCUT2D eigenvalue weighted by molar-refractivity contribution is -0.125. The molecule has 0 radical (unpaired) electrons. The highest BCUT2D eigenvalue weighted by molar-refractivity contribution is 5.94. The molecule has 1 aliphatic carbocycles. The van der Waals surface area contributed by atoms with E-state index in [1.54, 1.807) is 31.3 Å². The third-order valence-corrected chi connectivity index (χ3v) is 3.76. The fourth-order valence-corrected chi connectivity index (χ4v) is 2.19. The second-order valence-corrected chi connectivity index (χ2v) is 6.88. The van der Waals surface area contributed by atoms with E-state index in [1.807, 2.05) is 0 Å². The first-order chi connectivity index (χ1) is 14.3. The van der Waals surface area contributed by atoms with E-state index < -0.39 is 0 Å². The minimum Gasteiger partial charge on any atom is -0.384 e. The van der Waals surface area contributed by atoms with Crippen molar-refractivity contribution in [2.45, 2.75) is 46.6 Å². The van der Waals surface area contributed by atoms with Crippen LogP contribution in [0.15, 0.2) is 48.1 Å². The minimum absolute atomic E-state index is 0.00725. The molecule has 7 nitrogen and oxygen atoms in total. The summed E-state index contributed by atoms with van der Waals surface area (Å²) in [4.78, 5) is 22.6. The zero-order valence-corrected chi connectivity index (χ0v) is 18.7. The van der Waals surface area contributed by atoms with Crippen LogP contribution in [0.3, 0.4) is 0 Å². The van der Waals surface area contributed by atoms with Crippen LogP contribution in [-0.2, 0) is 16.1 Å². The van der Waals surface area contributed by atoms with Gasteiger partial charge in [0.05, 0.1) is 13.1 Å². The Hall–Kier alpha value is -2.93. The number of amidine groups is 1. The Bertz CT molecular complexity index is 709. The van der Waals surface area contributed by atoms with Gasteiger partial charge >= 0.3 is 0 Å². The first kappa shape index (κ1) is 27.1. The summed E-state index contributed by atoms with van der Waals surface area (Å²) in [7, 11) is 1.66. The highest BCUT2D eigenvalue weighted by Gasteiger charge is 2.04. The number of allylic oxidation sites excluding steroid dienone is 4. The number of hydrogen-bond acceptors (Lipinski definition) is 4. The number of carbonyl (C=O) groups excluding carboxylic acids is 2. The Morgan fingerprint density at radius 3 is 2.10 bits per heavy atom. The maximum Gasteiger partial charge on any atom is 0.239 e. The number of amides is 2. The van der Waals surface area contributed by atoms with Crippen LogP contribution >= 0.6 is 0 Å². The largest absolute Gasteiger partial charge is 0.384 e. The molecule has 0 atom stereocenters. The van der Waals surface area contributed by atoms with Crippen molar-refractivity contribution in [3.8, 4) is 0 Å². The maximum atomic E-state index is 11.5. The quantitative estimate of drug-likeness (QED) is 0.347. The normalized spacial score (nSPS) is 11.7. The van der Waals surface area contributed by atoms with Crippen LogP contribution < -0.4 is 21.7 Å². The lowest BCUT2D eigenvalue weighted by Gasteiger charge is -2.07. The summed E-state index contributed by atoms with van der Waals surface area (Å²) in [6.45, 7) is 6.91. The second-order valence-electron chi connectivity index (χ2n) is 6.88. The topological polar surface area (TPSA) is 120 Å². The van der Waals surface area contributed by atoms with Gasteiger partial charge in [0.1, 0.15) is 5.84 Å². The van der Waals surface area contributed by atoms with Gasteiger partial charge in [-0.3, -0.25) is 15.0 Å². The van der Waals surface area contributed by atoms with Gasteiger partial charge in [-0.15, -0.1) is 0 Å². The van der Waals surface area contributed by atoms with Crippen LogP contribution in [-0.4, -0.2) is 37.8 Å². The fraction of sp³-hybridized carbons (Fsp3) is 0.435. The summed E-state index contributed by atoms with van der Waals surface area (Å²) in [6, 6.07) is 7.02. The maximum absolute atomic E-state index is 11.5. The Kier molecular flexibility index (Phi) is 15.3. The lowest BCUT2D eigenvalue weighted by Crippen LogP contribution is -2.39. The molecule has 0 bridgehead atoms. The molecule has 1 aliphatic rings. The first-order valence-corrected chi connectivity index (χ1v) is 10.3. The highest BCUT2D eigenvalue weighted by Crippen LogP contribution is 2.09. The molecule has 0 heterocycles. The summed E-state index contributed by atoms with van der Waals surface area (Å²) in [5.74, 6) is -0.480. The molecule has 30 heavy (non-hydrogen) atoms. The minimum atomic E-state index is -0.259. The first-order valence-electron chi connectivity index (χ1n) is 10.3. The molecule has 166 valence electrons. The fourth-order valence-electron chi connectivity index (χ4n) is 2.19. The van der Waals surface area contributed by atoms with Crippen LogP contribution in [0.2, 0.25) is 0 Å². The Labute approximate surface area is 180 Å². The van der Waals surface area contributed by atoms with Gasteiger partial charge in [0.2, 0.25) is 11.8 Å². The molecule has 1 aromatic carbocycles.